The van der Waals surface area contributed by atoms with Crippen molar-refractivity contribution >= 4 is 11.6 Å². The molecule has 0 spiro atoms. The number of carbonyl (C=O) groups is 1. The summed E-state index contributed by atoms with van der Waals surface area (Å²) in [5, 5.41) is 3.39. The maximum Gasteiger partial charge on any atom is 0.254 e. The topological polar surface area (TPSA) is 35.6 Å². The zero-order chi connectivity index (χ0) is 15.6. The van der Waals surface area contributed by atoms with Crippen LogP contribution in [-0.4, -0.2) is 49.6 Å². The highest BCUT2D eigenvalue weighted by atomic mass is 16.2. The van der Waals surface area contributed by atoms with Gasteiger partial charge in [0.1, 0.15) is 0 Å². The van der Waals surface area contributed by atoms with Crippen LogP contribution in [0.3, 0.4) is 0 Å². The van der Waals surface area contributed by atoms with Gasteiger partial charge in [-0.1, -0.05) is 25.3 Å². The number of rotatable bonds is 2. The highest BCUT2D eigenvalue weighted by Crippen LogP contribution is 2.30. The summed E-state index contributed by atoms with van der Waals surface area (Å²) in [7, 11) is 0. The van der Waals surface area contributed by atoms with Gasteiger partial charge in [-0.15, -0.1) is 0 Å². The fourth-order valence-corrected chi connectivity index (χ4v) is 4.34. The van der Waals surface area contributed by atoms with Crippen LogP contribution in [0.2, 0.25) is 0 Å². The van der Waals surface area contributed by atoms with Crippen molar-refractivity contribution in [1.82, 2.24) is 10.2 Å². The highest BCUT2D eigenvalue weighted by Gasteiger charge is 2.31. The van der Waals surface area contributed by atoms with Gasteiger partial charge in [-0.2, -0.15) is 0 Å². The van der Waals surface area contributed by atoms with Crippen molar-refractivity contribution in [2.45, 2.75) is 44.6 Å². The van der Waals surface area contributed by atoms with E-state index in [0.29, 0.717) is 6.04 Å². The van der Waals surface area contributed by atoms with Crippen molar-refractivity contribution in [1.29, 1.82) is 0 Å². The summed E-state index contributed by atoms with van der Waals surface area (Å²) < 4.78 is 0. The van der Waals surface area contributed by atoms with Crippen LogP contribution in [0.5, 0.6) is 0 Å². The van der Waals surface area contributed by atoms with E-state index in [1.54, 1.807) is 0 Å². The molecule has 4 rings (SSSR count). The number of amides is 1. The van der Waals surface area contributed by atoms with Crippen molar-refractivity contribution in [3.63, 3.8) is 0 Å². The van der Waals surface area contributed by atoms with E-state index in [1.165, 1.54) is 43.4 Å². The number of nitrogens with zero attached hydrogens (tertiary/aromatic N) is 2. The largest absolute Gasteiger partial charge is 0.369 e. The fraction of sp³-hybridized carbons (Fsp3) is 0.632. The van der Waals surface area contributed by atoms with Crippen LogP contribution in [0.1, 0.15) is 48.0 Å². The van der Waals surface area contributed by atoms with Gasteiger partial charge in [-0.25, -0.2) is 0 Å². The number of fused-ring (bicyclic) bond motifs is 1. The Kier molecular flexibility index (Phi) is 4.25. The van der Waals surface area contributed by atoms with Gasteiger partial charge < -0.3 is 15.1 Å². The SMILES string of the molecule is O=C1c2cc(N3CCNCC3)ccc2CCN1C1CCCCC1. The second-order valence-corrected chi connectivity index (χ2v) is 7.12. The molecule has 2 heterocycles. The zero-order valence-corrected chi connectivity index (χ0v) is 13.9. The Balaban J connectivity index is 1.57. The standard InChI is InChI=1S/C19H27N3O/c23-19-18-14-17(21-12-9-20-10-13-21)7-6-15(18)8-11-22(19)16-4-2-1-3-5-16/h6-7,14,16,20H,1-5,8-13H2. The summed E-state index contributed by atoms with van der Waals surface area (Å²) in [5.41, 5.74) is 3.41. The molecule has 1 amide bonds. The summed E-state index contributed by atoms with van der Waals surface area (Å²) in [6.07, 6.45) is 7.29. The number of carbonyl (C=O) groups excluding carboxylic acids is 1. The lowest BCUT2D eigenvalue weighted by Crippen LogP contribution is -2.46. The maximum atomic E-state index is 13.0. The lowest BCUT2D eigenvalue weighted by molar-refractivity contribution is 0.0615. The maximum absolute atomic E-state index is 13.0. The van der Waals surface area contributed by atoms with Crippen molar-refractivity contribution in [2.75, 3.05) is 37.6 Å². The lowest BCUT2D eigenvalue weighted by Gasteiger charge is -2.38. The van der Waals surface area contributed by atoms with Gasteiger partial charge in [-0.05, 0) is 37.0 Å². The number of benzene rings is 1. The molecular weight excluding hydrogens is 286 g/mol. The Labute approximate surface area is 138 Å². The van der Waals surface area contributed by atoms with E-state index in [4.69, 9.17) is 0 Å². The van der Waals surface area contributed by atoms with Crippen molar-refractivity contribution in [2.24, 2.45) is 0 Å². The predicted molar refractivity (Wildman–Crippen MR) is 93.1 cm³/mol. The predicted octanol–water partition coefficient (Wildman–Crippen LogP) is 2.43. The molecule has 0 bridgehead atoms. The number of piperazine rings is 1. The third kappa shape index (κ3) is 2.97. The number of hydrogen-bond acceptors (Lipinski definition) is 3. The van der Waals surface area contributed by atoms with Crippen LogP contribution in [-0.2, 0) is 6.42 Å². The Hall–Kier alpha value is -1.55. The van der Waals surface area contributed by atoms with Crippen LogP contribution in [0, 0.1) is 0 Å². The molecule has 2 fully saturated rings. The van der Waals surface area contributed by atoms with E-state index < -0.39 is 0 Å². The van der Waals surface area contributed by atoms with Crippen molar-refractivity contribution < 1.29 is 4.79 Å². The first-order chi connectivity index (χ1) is 11.3. The van der Waals surface area contributed by atoms with Crippen LogP contribution in [0.15, 0.2) is 18.2 Å². The van der Waals surface area contributed by atoms with Crippen LogP contribution in [0.25, 0.3) is 0 Å². The molecule has 23 heavy (non-hydrogen) atoms. The van der Waals surface area contributed by atoms with Crippen molar-refractivity contribution in [3.05, 3.63) is 29.3 Å². The average Bonchev–Trinajstić information content (AvgIpc) is 2.63. The third-order valence-electron chi connectivity index (χ3n) is 5.70. The summed E-state index contributed by atoms with van der Waals surface area (Å²) in [5.74, 6) is 0.273. The summed E-state index contributed by atoms with van der Waals surface area (Å²) >= 11 is 0. The van der Waals surface area contributed by atoms with Crippen LogP contribution in [0.4, 0.5) is 5.69 Å². The van der Waals surface area contributed by atoms with Gasteiger partial charge in [0.15, 0.2) is 0 Å². The van der Waals surface area contributed by atoms with Gasteiger partial charge in [0.05, 0.1) is 0 Å². The Morgan fingerprint density at radius 1 is 1.00 bits per heavy atom. The molecule has 4 nitrogen and oxygen atoms in total. The molecule has 1 saturated carbocycles. The van der Waals surface area contributed by atoms with Crippen LogP contribution < -0.4 is 10.2 Å². The molecule has 0 aromatic heterocycles. The quantitative estimate of drug-likeness (QED) is 0.911. The molecule has 1 aromatic carbocycles. The minimum absolute atomic E-state index is 0.273. The molecular formula is C19H27N3O. The molecule has 1 N–H and O–H groups in total. The van der Waals surface area contributed by atoms with E-state index in [2.05, 4.69) is 33.3 Å². The lowest BCUT2D eigenvalue weighted by atomic mass is 9.90. The van der Waals surface area contributed by atoms with E-state index in [-0.39, 0.29) is 5.91 Å². The van der Waals surface area contributed by atoms with E-state index >= 15 is 0 Å². The Morgan fingerprint density at radius 2 is 1.78 bits per heavy atom. The minimum Gasteiger partial charge on any atom is -0.369 e. The summed E-state index contributed by atoms with van der Waals surface area (Å²) in [6, 6.07) is 7.02. The molecule has 3 aliphatic rings. The summed E-state index contributed by atoms with van der Waals surface area (Å²) in [6.45, 7) is 5.01. The van der Waals surface area contributed by atoms with Gasteiger partial charge in [0.2, 0.25) is 0 Å². The van der Waals surface area contributed by atoms with Gasteiger partial charge in [0, 0.05) is 50.0 Å². The smallest absolute Gasteiger partial charge is 0.254 e. The summed E-state index contributed by atoms with van der Waals surface area (Å²) in [4.78, 5) is 17.6. The first-order valence-corrected chi connectivity index (χ1v) is 9.22. The minimum atomic E-state index is 0.273. The molecule has 1 saturated heterocycles. The first-order valence-electron chi connectivity index (χ1n) is 9.22. The van der Waals surface area contributed by atoms with Crippen LogP contribution >= 0.6 is 0 Å². The first kappa shape index (κ1) is 15.0. The number of anilines is 1. The number of nitrogens with one attached hydrogen (secondary N) is 1. The molecule has 1 aromatic rings. The molecule has 4 heteroatoms. The Bertz CT molecular complexity index is 574. The van der Waals surface area contributed by atoms with Gasteiger partial charge in [-0.3, -0.25) is 4.79 Å². The molecule has 124 valence electrons. The second-order valence-electron chi connectivity index (χ2n) is 7.12. The van der Waals surface area contributed by atoms with E-state index in [0.717, 1.165) is 44.7 Å². The fourth-order valence-electron chi connectivity index (χ4n) is 4.34. The van der Waals surface area contributed by atoms with E-state index in [9.17, 15) is 4.79 Å². The Morgan fingerprint density at radius 3 is 2.57 bits per heavy atom. The molecule has 0 unspecified atom stereocenters. The van der Waals surface area contributed by atoms with Gasteiger partial charge in [0.25, 0.3) is 5.91 Å². The molecule has 1 aliphatic carbocycles. The number of hydrogen-bond donors (Lipinski definition) is 1. The van der Waals surface area contributed by atoms with E-state index in [1.807, 2.05) is 0 Å². The van der Waals surface area contributed by atoms with Gasteiger partial charge >= 0.3 is 0 Å². The normalized spacial score (nSPS) is 23.0. The highest BCUT2D eigenvalue weighted by molar-refractivity contribution is 5.98. The van der Waals surface area contributed by atoms with Crippen molar-refractivity contribution in [3.8, 4) is 0 Å². The molecule has 0 radical (unpaired) electrons. The average molecular weight is 313 g/mol. The monoisotopic (exact) mass is 313 g/mol. The molecule has 2 aliphatic heterocycles. The molecule has 0 atom stereocenters. The zero-order valence-electron chi connectivity index (χ0n) is 13.9. The second kappa shape index (κ2) is 6.52. The third-order valence-corrected chi connectivity index (χ3v) is 5.70.